The highest BCUT2D eigenvalue weighted by Crippen LogP contribution is 2.21. The first-order valence-corrected chi connectivity index (χ1v) is 8.51. The Hall–Kier alpha value is -2.67. The average Bonchev–Trinajstić information content (AvgIpc) is 3.29. The van der Waals surface area contributed by atoms with Crippen LogP contribution in [0.1, 0.15) is 29.6 Å². The van der Waals surface area contributed by atoms with Crippen LogP contribution in [0.3, 0.4) is 0 Å². The molecule has 0 bridgehead atoms. The van der Waals surface area contributed by atoms with Gasteiger partial charge in [0.2, 0.25) is 11.7 Å². The van der Waals surface area contributed by atoms with Crippen molar-refractivity contribution in [3.05, 3.63) is 53.2 Å². The minimum absolute atomic E-state index is 0.186. The Balaban J connectivity index is 1.55. The van der Waals surface area contributed by atoms with Gasteiger partial charge in [-0.15, -0.1) is 11.3 Å². The number of amides is 1. The topological polar surface area (TPSA) is 77.2 Å². The van der Waals surface area contributed by atoms with Crippen LogP contribution in [0.2, 0.25) is 0 Å². The molecule has 0 saturated carbocycles. The van der Waals surface area contributed by atoms with E-state index in [0.717, 1.165) is 17.0 Å². The molecule has 0 aliphatic carbocycles. The van der Waals surface area contributed by atoms with Crippen LogP contribution >= 0.6 is 11.3 Å². The summed E-state index contributed by atoms with van der Waals surface area (Å²) in [6.07, 6.45) is 0.944. The summed E-state index contributed by atoms with van der Waals surface area (Å²) in [4.78, 5) is 17.3. The molecule has 0 atom stereocenters. The average molecular weight is 343 g/mol. The summed E-state index contributed by atoms with van der Waals surface area (Å²) in [5.74, 6) is 1.46. The van der Waals surface area contributed by atoms with Crippen LogP contribution in [0.25, 0.3) is 10.7 Å². The fraction of sp³-hybridized carbons (Fsp3) is 0.235. The Morgan fingerprint density at radius 1 is 1.29 bits per heavy atom. The maximum atomic E-state index is 12.1. The molecule has 1 N–H and O–H groups in total. The molecule has 0 saturated heterocycles. The molecule has 0 radical (unpaired) electrons. The standard InChI is InChI=1S/C17H17N3O3S/c1-2-9-22-13-7-5-12(6-8-13)17(21)18-11-15-19-16(20-23-15)14-4-3-10-24-14/h3-8,10H,2,9,11H2,1H3,(H,18,21). The van der Waals surface area contributed by atoms with Gasteiger partial charge < -0.3 is 14.6 Å². The Morgan fingerprint density at radius 3 is 2.83 bits per heavy atom. The second kappa shape index (κ2) is 7.74. The lowest BCUT2D eigenvalue weighted by Gasteiger charge is -2.06. The molecule has 1 amide bonds. The first-order valence-electron chi connectivity index (χ1n) is 7.64. The minimum Gasteiger partial charge on any atom is -0.494 e. The van der Waals surface area contributed by atoms with E-state index in [9.17, 15) is 4.79 Å². The maximum Gasteiger partial charge on any atom is 0.251 e. The fourth-order valence-electron chi connectivity index (χ4n) is 2.01. The monoisotopic (exact) mass is 343 g/mol. The van der Waals surface area contributed by atoms with Crippen molar-refractivity contribution in [3.63, 3.8) is 0 Å². The molecule has 124 valence electrons. The zero-order valence-corrected chi connectivity index (χ0v) is 14.0. The fourth-order valence-corrected chi connectivity index (χ4v) is 2.66. The van der Waals surface area contributed by atoms with Crippen molar-refractivity contribution in [2.45, 2.75) is 19.9 Å². The number of hydrogen-bond donors (Lipinski definition) is 1. The first kappa shape index (κ1) is 16.2. The van der Waals surface area contributed by atoms with E-state index in [0.29, 0.717) is 23.9 Å². The highest BCUT2D eigenvalue weighted by molar-refractivity contribution is 7.13. The Bertz CT molecular complexity index is 782. The molecule has 0 spiro atoms. The molecule has 0 aliphatic rings. The minimum atomic E-state index is -0.201. The first-order chi connectivity index (χ1) is 11.8. The van der Waals surface area contributed by atoms with E-state index in [-0.39, 0.29) is 12.5 Å². The number of hydrogen-bond acceptors (Lipinski definition) is 6. The number of ether oxygens (including phenoxy) is 1. The molecule has 24 heavy (non-hydrogen) atoms. The van der Waals surface area contributed by atoms with Gasteiger partial charge >= 0.3 is 0 Å². The molecule has 6 nitrogen and oxygen atoms in total. The van der Waals surface area contributed by atoms with Crippen molar-refractivity contribution in [1.29, 1.82) is 0 Å². The van der Waals surface area contributed by atoms with Crippen molar-refractivity contribution < 1.29 is 14.1 Å². The second-order valence-corrected chi connectivity index (χ2v) is 5.99. The van der Waals surface area contributed by atoms with Crippen LogP contribution in [0.5, 0.6) is 5.75 Å². The lowest BCUT2D eigenvalue weighted by atomic mass is 10.2. The van der Waals surface area contributed by atoms with Crippen LogP contribution in [0.15, 0.2) is 46.3 Å². The predicted octanol–water partition coefficient (Wildman–Crippen LogP) is 3.52. The van der Waals surface area contributed by atoms with Crippen LogP contribution in [-0.4, -0.2) is 22.7 Å². The van der Waals surface area contributed by atoms with Crippen LogP contribution < -0.4 is 10.1 Å². The molecule has 1 aromatic carbocycles. The lowest BCUT2D eigenvalue weighted by Crippen LogP contribution is -2.22. The summed E-state index contributed by atoms with van der Waals surface area (Å²) in [7, 11) is 0. The van der Waals surface area contributed by atoms with Crippen LogP contribution in [0.4, 0.5) is 0 Å². The highest BCUT2D eigenvalue weighted by atomic mass is 32.1. The number of nitrogens with zero attached hydrogens (tertiary/aromatic N) is 2. The van der Waals surface area contributed by atoms with E-state index in [2.05, 4.69) is 15.5 Å². The number of thiophene rings is 1. The number of carbonyl (C=O) groups is 1. The van der Waals surface area contributed by atoms with Gasteiger partial charge in [0.05, 0.1) is 18.0 Å². The molecule has 2 heterocycles. The van der Waals surface area contributed by atoms with Gasteiger partial charge in [0.1, 0.15) is 5.75 Å². The van der Waals surface area contributed by atoms with E-state index in [1.54, 1.807) is 24.3 Å². The van der Waals surface area contributed by atoms with Gasteiger partial charge in [-0.1, -0.05) is 18.1 Å². The third kappa shape index (κ3) is 3.99. The molecule has 7 heteroatoms. The second-order valence-electron chi connectivity index (χ2n) is 5.04. The largest absolute Gasteiger partial charge is 0.494 e. The summed E-state index contributed by atoms with van der Waals surface area (Å²) in [6.45, 7) is 2.89. The lowest BCUT2D eigenvalue weighted by molar-refractivity contribution is 0.0946. The molecule has 3 rings (SSSR count). The molecule has 0 fully saturated rings. The molecule has 3 aromatic rings. The molecular formula is C17H17N3O3S. The van der Waals surface area contributed by atoms with Crippen molar-refractivity contribution in [3.8, 4) is 16.5 Å². The molecule has 0 aliphatic heterocycles. The van der Waals surface area contributed by atoms with Crippen molar-refractivity contribution in [1.82, 2.24) is 15.5 Å². The Morgan fingerprint density at radius 2 is 2.12 bits per heavy atom. The molecule has 0 unspecified atom stereocenters. The number of aromatic nitrogens is 2. The smallest absolute Gasteiger partial charge is 0.251 e. The summed E-state index contributed by atoms with van der Waals surface area (Å²) in [5, 5.41) is 8.62. The van der Waals surface area contributed by atoms with Gasteiger partial charge in [0.25, 0.3) is 5.91 Å². The third-order valence-corrected chi connectivity index (χ3v) is 4.06. The summed E-state index contributed by atoms with van der Waals surface area (Å²) < 4.78 is 10.6. The zero-order chi connectivity index (χ0) is 16.8. The van der Waals surface area contributed by atoms with Gasteiger partial charge in [-0.3, -0.25) is 4.79 Å². The summed E-state index contributed by atoms with van der Waals surface area (Å²) in [6, 6.07) is 10.9. The van der Waals surface area contributed by atoms with Crippen molar-refractivity contribution >= 4 is 17.2 Å². The number of nitrogens with one attached hydrogen (secondary N) is 1. The Labute approximate surface area is 143 Å². The maximum absolute atomic E-state index is 12.1. The van der Waals surface area contributed by atoms with E-state index in [4.69, 9.17) is 9.26 Å². The Kier molecular flexibility index (Phi) is 5.22. The molecule has 2 aromatic heterocycles. The number of benzene rings is 1. The van der Waals surface area contributed by atoms with Gasteiger partial charge in [0, 0.05) is 5.56 Å². The van der Waals surface area contributed by atoms with E-state index in [1.165, 1.54) is 11.3 Å². The van der Waals surface area contributed by atoms with Crippen molar-refractivity contribution in [2.75, 3.05) is 6.61 Å². The van der Waals surface area contributed by atoms with E-state index in [1.807, 2.05) is 24.4 Å². The quantitative estimate of drug-likeness (QED) is 0.710. The van der Waals surface area contributed by atoms with Gasteiger partial charge in [-0.2, -0.15) is 4.98 Å². The number of rotatable bonds is 7. The van der Waals surface area contributed by atoms with Crippen LogP contribution in [0, 0.1) is 0 Å². The van der Waals surface area contributed by atoms with Gasteiger partial charge in [-0.05, 0) is 42.1 Å². The van der Waals surface area contributed by atoms with Crippen molar-refractivity contribution in [2.24, 2.45) is 0 Å². The summed E-state index contributed by atoms with van der Waals surface area (Å²) in [5.41, 5.74) is 0.553. The molecular weight excluding hydrogens is 326 g/mol. The van der Waals surface area contributed by atoms with E-state index < -0.39 is 0 Å². The van der Waals surface area contributed by atoms with Crippen LogP contribution in [-0.2, 0) is 6.54 Å². The normalized spacial score (nSPS) is 10.5. The van der Waals surface area contributed by atoms with E-state index >= 15 is 0 Å². The van der Waals surface area contributed by atoms with Gasteiger partial charge in [-0.25, -0.2) is 0 Å². The zero-order valence-electron chi connectivity index (χ0n) is 13.2. The summed E-state index contributed by atoms with van der Waals surface area (Å²) >= 11 is 1.53. The highest BCUT2D eigenvalue weighted by Gasteiger charge is 2.11. The third-order valence-electron chi connectivity index (χ3n) is 3.20. The number of carbonyl (C=O) groups excluding carboxylic acids is 1. The van der Waals surface area contributed by atoms with Gasteiger partial charge in [0.15, 0.2) is 0 Å². The predicted molar refractivity (Wildman–Crippen MR) is 91.0 cm³/mol. The SMILES string of the molecule is CCCOc1ccc(C(=O)NCc2nc(-c3cccs3)no2)cc1.